The smallest absolute Gasteiger partial charge is 0.358 e. The van der Waals surface area contributed by atoms with E-state index < -0.39 is 145 Å². The second-order valence-corrected chi connectivity index (χ2v) is 30.6. The number of carbonyl (C=O) groups excluding carboxylic acids is 8. The molecular weight excluding hydrogens is 1550 g/mol. The first-order chi connectivity index (χ1) is 53.2. The van der Waals surface area contributed by atoms with Gasteiger partial charge in [-0.15, -0.1) is 56.7 Å². The molecule has 0 radical (unpaired) electrons. The Hall–Kier alpha value is -9.48. The molecule has 12 bridgehead atoms. The number of hydrogen-bond acceptors (Lipinski definition) is 35. The number of rotatable bonds is 22. The third-order valence-corrected chi connectivity index (χ3v) is 22.7. The van der Waals surface area contributed by atoms with E-state index in [1.807, 2.05) is 0 Å². The van der Waals surface area contributed by atoms with Crippen molar-refractivity contribution in [3.05, 3.63) is 112 Å². The lowest BCUT2D eigenvalue weighted by atomic mass is 9.85. The first-order valence-corrected chi connectivity index (χ1v) is 39.0. The average Bonchev–Trinajstić information content (AvgIpc) is 1.63. The Labute approximate surface area is 652 Å². The molecule has 4 aliphatic heterocycles. The molecule has 11 atom stereocenters. The van der Waals surface area contributed by atoms with Crippen molar-refractivity contribution in [2.75, 3.05) is 87.1 Å². The Kier molecular flexibility index (Phi) is 25.9. The van der Waals surface area contributed by atoms with Crippen LogP contribution in [-0.2, 0) is 70.2 Å². The van der Waals surface area contributed by atoms with E-state index in [1.165, 1.54) is 60.0 Å². The van der Waals surface area contributed by atoms with Crippen molar-refractivity contribution < 1.29 is 102 Å². The van der Waals surface area contributed by atoms with Crippen LogP contribution in [-0.4, -0.2) is 249 Å². The maximum Gasteiger partial charge on any atom is 0.358 e. The zero-order valence-corrected chi connectivity index (χ0v) is 64.7. The van der Waals surface area contributed by atoms with Crippen molar-refractivity contribution in [1.29, 1.82) is 0 Å². The number of carbonyl (C=O) groups is 8. The van der Waals surface area contributed by atoms with Gasteiger partial charge in [-0.25, -0.2) is 39.5 Å². The summed E-state index contributed by atoms with van der Waals surface area (Å²) < 4.78 is 54.7. The third kappa shape index (κ3) is 18.2. The van der Waals surface area contributed by atoms with Crippen LogP contribution in [0.25, 0.3) is 49.3 Å². The second kappa shape index (κ2) is 35.5. The number of aliphatic hydroxyl groups excluding tert-OH is 1. The molecule has 8 aromatic rings. The number of ether oxygens (including phenoxy) is 9. The molecule has 111 heavy (non-hydrogen) atoms. The molecule has 12 rings (SSSR count). The summed E-state index contributed by atoms with van der Waals surface area (Å²) >= 11 is 4.46. The number of pyridine rings is 1. The van der Waals surface area contributed by atoms with E-state index in [2.05, 4.69) is 46.9 Å². The molecule has 0 saturated carbocycles. The van der Waals surface area contributed by atoms with Gasteiger partial charge in [0.25, 0.3) is 23.6 Å². The van der Waals surface area contributed by atoms with Crippen LogP contribution in [0.2, 0.25) is 0 Å². The van der Waals surface area contributed by atoms with Crippen molar-refractivity contribution in [3.63, 3.8) is 0 Å². The lowest BCUT2D eigenvalue weighted by Crippen LogP contribution is -2.62. The molecule has 592 valence electrons. The summed E-state index contributed by atoms with van der Waals surface area (Å²) in [7, 11) is 4.84. The Morgan fingerprint density at radius 1 is 0.811 bits per heavy atom. The molecule has 7 aromatic heterocycles. The molecule has 1 unspecified atom stereocenters. The van der Waals surface area contributed by atoms with E-state index in [9.17, 15) is 39.7 Å². The topological polar surface area (TPSA) is 510 Å². The molecule has 0 aliphatic carbocycles. The summed E-state index contributed by atoms with van der Waals surface area (Å²) in [6.45, 7) is 6.85. The molecular formula is C69H80N16O21S5. The number of nitrogens with one attached hydrogen (secondary N) is 6. The van der Waals surface area contributed by atoms with Crippen LogP contribution in [0, 0.1) is 0 Å². The van der Waals surface area contributed by atoms with E-state index in [0.29, 0.717) is 43.3 Å². The van der Waals surface area contributed by atoms with Crippen molar-refractivity contribution in [2.45, 2.75) is 114 Å². The van der Waals surface area contributed by atoms with Crippen molar-refractivity contribution in [1.82, 2.24) is 71.4 Å². The molecule has 6 amide bonds. The number of methoxy groups -OCH3 is 1. The molecule has 1 aromatic carbocycles. The van der Waals surface area contributed by atoms with Crippen molar-refractivity contribution >= 4 is 121 Å². The maximum atomic E-state index is 15.2. The number of aromatic hydroxyl groups is 1. The maximum absolute atomic E-state index is 15.2. The van der Waals surface area contributed by atoms with E-state index in [4.69, 9.17) is 69.1 Å². The quantitative estimate of drug-likeness (QED) is 0.0200. The van der Waals surface area contributed by atoms with Gasteiger partial charge in [-0.05, 0) is 59.5 Å². The number of nitrogens with zero attached hydrogens (tertiary/aromatic N) is 8. The number of primary amides is 1. The van der Waals surface area contributed by atoms with E-state index in [0.717, 1.165) is 56.7 Å². The highest BCUT2D eigenvalue weighted by molar-refractivity contribution is 7.14. The summed E-state index contributed by atoms with van der Waals surface area (Å²) in [5.41, 5.74) is 8.21. The molecule has 37 nitrogen and oxygen atoms in total. The predicted molar refractivity (Wildman–Crippen MR) is 399 cm³/mol. The zero-order chi connectivity index (χ0) is 79.1. The van der Waals surface area contributed by atoms with Crippen molar-refractivity contribution in [3.8, 4) is 38.4 Å². The van der Waals surface area contributed by atoms with Gasteiger partial charge in [-0.1, -0.05) is 12.1 Å². The fourth-order valence-corrected chi connectivity index (χ4v) is 17.1. The Bertz CT molecular complexity index is 4820. The summed E-state index contributed by atoms with van der Waals surface area (Å²) in [5.74, 6) is -8.13. The number of benzene rings is 1. The molecule has 4 aliphatic rings. The van der Waals surface area contributed by atoms with Crippen LogP contribution in [0.4, 0.5) is 0 Å². The number of likely N-dealkylation sites (N-methyl/N-ethyl adjacent to an activating group) is 1. The van der Waals surface area contributed by atoms with Crippen LogP contribution < -0.4 is 43.4 Å². The molecule has 1 saturated heterocycles. The first-order valence-electron chi connectivity index (χ1n) is 34.6. The number of fused-ring (bicyclic) bond motifs is 15. The number of cyclic esters (lactones) is 2. The van der Waals surface area contributed by atoms with Gasteiger partial charge < -0.3 is 111 Å². The monoisotopic (exact) mass is 1630 g/mol. The lowest BCUT2D eigenvalue weighted by Gasteiger charge is -2.48. The summed E-state index contributed by atoms with van der Waals surface area (Å²) in [6, 6.07) is -0.626. The highest BCUT2D eigenvalue weighted by Crippen LogP contribution is 2.43. The minimum atomic E-state index is -1.93. The van der Waals surface area contributed by atoms with Gasteiger partial charge in [0.05, 0.1) is 82.7 Å². The fraction of sp³-hybridized carbons (Fsp3) is 0.449. The van der Waals surface area contributed by atoms with E-state index in [1.54, 1.807) is 45.0 Å². The van der Waals surface area contributed by atoms with Crippen LogP contribution in [0.15, 0.2) is 56.9 Å². The SMILES string of the molecule is CO/C(C)=C1/NC(=O)[C@H]([C@@H](C)O)NC(=O)c2csc(n2)-c2cc(O)c(-c3nc(C(=O)NC(CNCCOCCOCCOCCN)C(N)=O)cs3)nc2-c2csc(n2)[C@@H]2COC(=O)c3c4c5c(cccc5n3O)COC(=O)[C@@H](O[C@H]3C[C@](C)(O)[C@H](N(C)C)[C@H](C)O3)[C@@H](OC4)[C@H](NC(=O)c3csc1n3)c1nc(cs1)C(=O)N2. The largest absolute Gasteiger partial charge is 0.506 e. The lowest BCUT2D eigenvalue weighted by molar-refractivity contribution is -0.280. The number of aromatic nitrogens is 7. The highest BCUT2D eigenvalue weighted by atomic mass is 32.1. The van der Waals surface area contributed by atoms with Crippen LogP contribution in [0.1, 0.15) is 125 Å². The van der Waals surface area contributed by atoms with Crippen molar-refractivity contribution in [2.24, 2.45) is 11.5 Å². The first kappa shape index (κ1) is 81.0. The average molecular weight is 1630 g/mol. The van der Waals surface area contributed by atoms with E-state index in [-0.39, 0.29) is 131 Å². The Balaban J connectivity index is 0.950. The third-order valence-electron chi connectivity index (χ3n) is 18.2. The molecule has 11 heterocycles. The van der Waals surface area contributed by atoms with E-state index >= 15 is 19.2 Å². The summed E-state index contributed by atoms with van der Waals surface area (Å²) in [4.78, 5) is 146. The molecule has 42 heteroatoms. The Morgan fingerprint density at radius 3 is 2.18 bits per heavy atom. The number of nitrogens with two attached hydrogens (primary N) is 2. The summed E-state index contributed by atoms with van der Waals surface area (Å²) in [5, 5.41) is 71.2. The minimum absolute atomic E-state index is 0.00369. The standard InChI is InChI=1S/C69H80N16O21S5/c1-30(86)47-61(93)82-48(31(2)98-7)64-77-42(29-109-64)60(92)83-51-53-54(106-45-20-69(4,96)55(84(5)6)32(3)105-45)68(95)103-22-33-9-8-10-43-46(33)35(23-102-53)52(85(43)97)67(94)104-24-37(74-58(90)40-28-111-66(51)79-40)63-75-38(25-108-63)49-34(62-76-41(26-107-62)59(91)81-47)19-44(87)50(80-49)65-78-39(27-110-65)57(89)73-36(56(71)88)21-72-12-14-100-16-18-101-17-15-99-13-11-70/h8-10,19,25-30,32,36-37,45,47,51,53-55,72,86-87,96-97H,11-18,20-24,70H2,1-7H3,(H2,71,88)(H,73,89)(H,74,90)(H,81,91)(H,82,93)(H,83,92)/b48-31+/t30-,32+,36?,37+,45+,47+,51+,53+,54+,55-,69+/m1/s1. The van der Waals surface area contributed by atoms with Gasteiger partial charge in [0.15, 0.2) is 18.1 Å². The van der Waals surface area contributed by atoms with Crippen LogP contribution >= 0.6 is 56.7 Å². The van der Waals surface area contributed by atoms with Crippen LogP contribution in [0.3, 0.4) is 0 Å². The predicted octanol–water partition coefficient (Wildman–Crippen LogP) is 2.34. The Morgan fingerprint density at radius 2 is 1.47 bits per heavy atom. The van der Waals surface area contributed by atoms with Gasteiger partial charge in [0.2, 0.25) is 11.8 Å². The van der Waals surface area contributed by atoms with Gasteiger partial charge >= 0.3 is 11.9 Å². The van der Waals surface area contributed by atoms with Gasteiger partial charge in [0, 0.05) is 69.5 Å². The number of esters is 2. The molecule has 14 N–H and O–H groups in total. The zero-order valence-electron chi connectivity index (χ0n) is 60.7. The number of allylic oxidation sites excluding steroid dienone is 1. The van der Waals surface area contributed by atoms with Gasteiger partial charge in [-0.2, -0.15) is 4.73 Å². The summed E-state index contributed by atoms with van der Waals surface area (Å²) in [6.07, 6.45) is -7.62. The number of amides is 6. The number of aliphatic hydroxyl groups is 2. The minimum Gasteiger partial charge on any atom is -0.506 e. The van der Waals surface area contributed by atoms with Gasteiger partial charge in [-0.3, -0.25) is 28.8 Å². The highest BCUT2D eigenvalue weighted by Gasteiger charge is 2.50. The fourth-order valence-electron chi connectivity index (χ4n) is 12.9. The number of thiazole rings is 5. The second-order valence-electron chi connectivity index (χ2n) is 26.3. The molecule has 0 spiro atoms. The van der Waals surface area contributed by atoms with Crippen LogP contribution in [0.5, 0.6) is 5.75 Å². The normalized spacial score (nSPS) is 22.9. The number of hydrogen-bond donors (Lipinski definition) is 12. The van der Waals surface area contributed by atoms with Gasteiger partial charge in [0.1, 0.15) is 126 Å². The molecule has 1 fully saturated rings.